The molecule has 1 aliphatic carbocycles. The first kappa shape index (κ1) is 23.4. The van der Waals surface area contributed by atoms with Crippen molar-refractivity contribution < 1.29 is 9.53 Å². The van der Waals surface area contributed by atoms with Crippen molar-refractivity contribution in [2.45, 2.75) is 110 Å². The molecule has 0 N–H and O–H groups in total. The Hall–Kier alpha value is -0.630. The maximum Gasteiger partial charge on any atom is 0.136 e. The highest BCUT2D eigenvalue weighted by atomic mass is 16.5. The summed E-state index contributed by atoms with van der Waals surface area (Å²) in [5.41, 5.74) is 0.300. The van der Waals surface area contributed by atoms with Gasteiger partial charge in [-0.25, -0.2) is 0 Å². The van der Waals surface area contributed by atoms with Crippen molar-refractivity contribution in [2.24, 2.45) is 17.3 Å². The summed E-state index contributed by atoms with van der Waals surface area (Å²) < 4.78 is 5.67. The minimum atomic E-state index is 0.279. The Morgan fingerprint density at radius 2 is 1.92 bits per heavy atom. The summed E-state index contributed by atoms with van der Waals surface area (Å²) in [4.78, 5) is 12.7. The average Bonchev–Trinajstić information content (AvgIpc) is 2.62. The molecule has 0 aromatic rings. The van der Waals surface area contributed by atoms with Crippen LogP contribution in [-0.4, -0.2) is 19.0 Å². The Bertz CT molecular complexity index is 399. The van der Waals surface area contributed by atoms with E-state index in [0.29, 0.717) is 29.6 Å². The normalized spacial score (nSPS) is 23.5. The quantitative estimate of drug-likeness (QED) is 0.242. The molecule has 2 nitrogen and oxygen atoms in total. The minimum absolute atomic E-state index is 0.279. The number of carbonyl (C=O) groups excluding carboxylic acids is 1. The summed E-state index contributed by atoms with van der Waals surface area (Å²) in [7, 11) is 1.86. The Morgan fingerprint density at radius 1 is 1.23 bits per heavy atom. The van der Waals surface area contributed by atoms with Crippen LogP contribution in [0, 0.1) is 17.3 Å². The van der Waals surface area contributed by atoms with Gasteiger partial charge in [-0.3, -0.25) is 4.79 Å². The molecule has 1 rings (SSSR count). The fourth-order valence-corrected chi connectivity index (χ4v) is 4.85. The Balaban J connectivity index is 2.48. The SMILES string of the molecule is C=CCCC(=O)C1CCCC(C)(C)C1CCCCC(CCCCC)OC. The van der Waals surface area contributed by atoms with E-state index in [4.69, 9.17) is 4.74 Å². The zero-order valence-corrected chi connectivity index (χ0v) is 18.0. The minimum Gasteiger partial charge on any atom is -0.381 e. The van der Waals surface area contributed by atoms with Crippen LogP contribution in [0.5, 0.6) is 0 Å². The topological polar surface area (TPSA) is 26.3 Å². The van der Waals surface area contributed by atoms with E-state index in [2.05, 4.69) is 27.4 Å². The van der Waals surface area contributed by atoms with Gasteiger partial charge in [0.15, 0.2) is 0 Å². The van der Waals surface area contributed by atoms with Gasteiger partial charge < -0.3 is 4.74 Å². The number of allylic oxidation sites excluding steroid dienone is 1. The van der Waals surface area contributed by atoms with Gasteiger partial charge in [-0.15, -0.1) is 6.58 Å². The highest BCUT2D eigenvalue weighted by Crippen LogP contribution is 2.47. The summed E-state index contributed by atoms with van der Waals surface area (Å²) in [6, 6.07) is 0. The predicted octanol–water partition coefficient (Wildman–Crippen LogP) is 7.12. The van der Waals surface area contributed by atoms with Gasteiger partial charge in [-0.05, 0) is 49.9 Å². The van der Waals surface area contributed by atoms with Crippen molar-refractivity contribution in [1.82, 2.24) is 0 Å². The van der Waals surface area contributed by atoms with Crippen molar-refractivity contribution >= 4 is 5.78 Å². The van der Waals surface area contributed by atoms with E-state index < -0.39 is 0 Å². The maximum absolute atomic E-state index is 12.7. The second kappa shape index (κ2) is 12.7. The fraction of sp³-hybridized carbons (Fsp3) is 0.875. The first-order valence-electron chi connectivity index (χ1n) is 11.1. The average molecular weight is 365 g/mol. The van der Waals surface area contributed by atoms with Crippen molar-refractivity contribution in [1.29, 1.82) is 0 Å². The predicted molar refractivity (Wildman–Crippen MR) is 112 cm³/mol. The van der Waals surface area contributed by atoms with Gasteiger partial charge in [-0.1, -0.05) is 65.4 Å². The number of unbranched alkanes of at least 4 members (excludes halogenated alkanes) is 3. The molecule has 1 aliphatic rings. The summed E-state index contributed by atoms with van der Waals surface area (Å²) in [6.45, 7) is 10.8. The van der Waals surface area contributed by atoms with Crippen molar-refractivity contribution in [3.63, 3.8) is 0 Å². The van der Waals surface area contributed by atoms with Crippen molar-refractivity contribution in [2.75, 3.05) is 7.11 Å². The highest BCUT2D eigenvalue weighted by Gasteiger charge is 2.41. The summed E-state index contributed by atoms with van der Waals surface area (Å²) in [5, 5.41) is 0. The molecule has 0 aromatic carbocycles. The molecule has 3 unspecified atom stereocenters. The Labute approximate surface area is 163 Å². The molecule has 0 amide bonds. The molecule has 2 heteroatoms. The number of hydrogen-bond donors (Lipinski definition) is 0. The second-order valence-electron chi connectivity index (χ2n) is 9.03. The van der Waals surface area contributed by atoms with E-state index in [9.17, 15) is 4.79 Å². The van der Waals surface area contributed by atoms with Crippen molar-refractivity contribution in [3.05, 3.63) is 12.7 Å². The lowest BCUT2D eigenvalue weighted by atomic mass is 9.60. The van der Waals surface area contributed by atoms with Crippen LogP contribution in [0.4, 0.5) is 0 Å². The lowest BCUT2D eigenvalue weighted by molar-refractivity contribution is -0.128. The van der Waals surface area contributed by atoms with Crippen LogP contribution in [0.25, 0.3) is 0 Å². The molecule has 3 atom stereocenters. The molecule has 0 aromatic heterocycles. The number of Topliss-reactive ketones (excluding diaryl/α,β-unsaturated/α-hetero) is 1. The van der Waals surface area contributed by atoms with Crippen LogP contribution in [-0.2, 0) is 9.53 Å². The Morgan fingerprint density at radius 3 is 2.54 bits per heavy atom. The Kier molecular flexibility index (Phi) is 11.4. The van der Waals surface area contributed by atoms with E-state index in [1.807, 2.05) is 13.2 Å². The van der Waals surface area contributed by atoms with E-state index in [0.717, 1.165) is 12.8 Å². The van der Waals surface area contributed by atoms with Gasteiger partial charge in [0.1, 0.15) is 5.78 Å². The van der Waals surface area contributed by atoms with Crippen molar-refractivity contribution in [3.8, 4) is 0 Å². The van der Waals surface area contributed by atoms with Crippen LogP contribution in [0.15, 0.2) is 12.7 Å². The second-order valence-corrected chi connectivity index (χ2v) is 9.03. The lowest BCUT2D eigenvalue weighted by Gasteiger charge is -2.44. The molecule has 1 fully saturated rings. The first-order valence-corrected chi connectivity index (χ1v) is 11.1. The van der Waals surface area contributed by atoms with Gasteiger partial charge in [0, 0.05) is 19.4 Å². The molecule has 0 aliphatic heterocycles. The number of ketones is 1. The molecular weight excluding hydrogens is 320 g/mol. The number of ether oxygens (including phenoxy) is 1. The monoisotopic (exact) mass is 364 g/mol. The zero-order chi connectivity index (χ0) is 19.4. The summed E-state index contributed by atoms with van der Waals surface area (Å²) in [6.07, 6.45) is 17.3. The summed E-state index contributed by atoms with van der Waals surface area (Å²) in [5.74, 6) is 1.31. The zero-order valence-electron chi connectivity index (χ0n) is 18.0. The van der Waals surface area contributed by atoms with Gasteiger partial charge in [0.05, 0.1) is 6.10 Å². The van der Waals surface area contributed by atoms with Crippen LogP contribution in [0.1, 0.15) is 104 Å². The lowest BCUT2D eigenvalue weighted by Crippen LogP contribution is -2.38. The molecule has 0 saturated heterocycles. The number of rotatable bonds is 14. The molecule has 0 spiro atoms. The number of methoxy groups -OCH3 is 1. The van der Waals surface area contributed by atoms with E-state index in [-0.39, 0.29) is 5.92 Å². The number of hydrogen-bond acceptors (Lipinski definition) is 2. The highest BCUT2D eigenvalue weighted by molar-refractivity contribution is 5.81. The summed E-state index contributed by atoms with van der Waals surface area (Å²) >= 11 is 0. The third-order valence-electron chi connectivity index (χ3n) is 6.59. The van der Waals surface area contributed by atoms with Crippen LogP contribution in [0.3, 0.4) is 0 Å². The van der Waals surface area contributed by atoms with Gasteiger partial charge in [0.25, 0.3) is 0 Å². The van der Waals surface area contributed by atoms with Gasteiger partial charge >= 0.3 is 0 Å². The van der Waals surface area contributed by atoms with E-state index in [1.165, 1.54) is 64.2 Å². The number of carbonyl (C=O) groups is 1. The molecule has 26 heavy (non-hydrogen) atoms. The fourth-order valence-electron chi connectivity index (χ4n) is 4.85. The molecular formula is C24H44O2. The third kappa shape index (κ3) is 7.94. The maximum atomic E-state index is 12.7. The third-order valence-corrected chi connectivity index (χ3v) is 6.59. The molecule has 152 valence electrons. The molecule has 1 saturated carbocycles. The molecule has 0 bridgehead atoms. The standard InChI is InChI=1S/C24H44O2/c1-6-8-10-14-20(26-5)15-11-12-17-22-21(23(25)18-9-7-2)16-13-19-24(22,3)4/h7,20-22H,2,6,8-19H2,1,3-5H3. The largest absolute Gasteiger partial charge is 0.381 e. The smallest absolute Gasteiger partial charge is 0.136 e. The first-order chi connectivity index (χ1) is 12.5. The molecule has 0 radical (unpaired) electrons. The van der Waals surface area contributed by atoms with E-state index >= 15 is 0 Å². The van der Waals surface area contributed by atoms with Crippen LogP contribution in [0.2, 0.25) is 0 Å². The van der Waals surface area contributed by atoms with Crippen LogP contribution < -0.4 is 0 Å². The van der Waals surface area contributed by atoms with E-state index in [1.54, 1.807) is 0 Å². The van der Waals surface area contributed by atoms with Crippen LogP contribution >= 0.6 is 0 Å². The van der Waals surface area contributed by atoms with Gasteiger partial charge in [-0.2, -0.15) is 0 Å². The molecule has 0 heterocycles. The van der Waals surface area contributed by atoms with Gasteiger partial charge in [0.2, 0.25) is 0 Å².